The van der Waals surface area contributed by atoms with Gasteiger partial charge < -0.3 is 5.32 Å². The summed E-state index contributed by atoms with van der Waals surface area (Å²) in [7, 11) is 0. The van der Waals surface area contributed by atoms with Crippen LogP contribution in [-0.2, 0) is 0 Å². The summed E-state index contributed by atoms with van der Waals surface area (Å²) in [6, 6.07) is 6.35. The van der Waals surface area contributed by atoms with Crippen molar-refractivity contribution in [2.24, 2.45) is 0 Å². The predicted molar refractivity (Wildman–Crippen MR) is 59.3 cm³/mol. The van der Waals surface area contributed by atoms with E-state index in [1.165, 1.54) is 16.8 Å². The first-order valence-corrected chi connectivity index (χ1v) is 5.07. The van der Waals surface area contributed by atoms with Crippen LogP contribution in [-0.4, -0.2) is 19.4 Å². The number of para-hydroxylation sites is 1. The van der Waals surface area contributed by atoms with Crippen molar-refractivity contribution in [2.45, 2.75) is 20.1 Å². The van der Waals surface area contributed by atoms with Crippen LogP contribution in [0.4, 0.5) is 5.69 Å². The highest BCUT2D eigenvalue weighted by Gasteiger charge is 2.13. The molecule has 14 heavy (non-hydrogen) atoms. The maximum atomic E-state index is 3.46. The molecule has 0 bridgehead atoms. The molecule has 3 nitrogen and oxygen atoms in total. The van der Waals surface area contributed by atoms with Crippen LogP contribution in [0.15, 0.2) is 18.2 Å². The fourth-order valence-electron chi connectivity index (χ4n) is 1.79. The van der Waals surface area contributed by atoms with E-state index in [0.717, 1.165) is 13.1 Å². The minimum atomic E-state index is 0.217. The van der Waals surface area contributed by atoms with Gasteiger partial charge in [-0.3, -0.25) is 10.6 Å². The maximum absolute atomic E-state index is 3.46. The molecule has 0 spiro atoms. The van der Waals surface area contributed by atoms with Crippen LogP contribution in [0.2, 0.25) is 0 Å². The maximum Gasteiger partial charge on any atom is 0.132 e. The van der Waals surface area contributed by atoms with Gasteiger partial charge in [-0.1, -0.05) is 18.2 Å². The topological polar surface area (TPSA) is 36.1 Å². The van der Waals surface area contributed by atoms with Crippen molar-refractivity contribution in [3.63, 3.8) is 0 Å². The number of nitrogens with one attached hydrogen (secondary N) is 3. The van der Waals surface area contributed by atoms with E-state index in [4.69, 9.17) is 0 Å². The Kier molecular flexibility index (Phi) is 2.70. The van der Waals surface area contributed by atoms with E-state index < -0.39 is 0 Å². The Morgan fingerprint density at radius 3 is 2.29 bits per heavy atom. The van der Waals surface area contributed by atoms with Gasteiger partial charge in [0.05, 0.1) is 0 Å². The third kappa shape index (κ3) is 1.89. The number of hydrogen-bond acceptors (Lipinski definition) is 3. The summed E-state index contributed by atoms with van der Waals surface area (Å²) in [6.45, 7) is 6.32. The molecule has 1 heterocycles. The highest BCUT2D eigenvalue weighted by Crippen LogP contribution is 2.19. The molecule has 1 aromatic carbocycles. The molecule has 3 heteroatoms. The van der Waals surface area contributed by atoms with E-state index in [1.54, 1.807) is 0 Å². The normalized spacial score (nSPS) is 17.3. The molecule has 0 unspecified atom stereocenters. The van der Waals surface area contributed by atoms with Gasteiger partial charge >= 0.3 is 0 Å². The molecule has 2 rings (SSSR count). The molecular weight excluding hydrogens is 174 g/mol. The van der Waals surface area contributed by atoms with Crippen LogP contribution in [0.25, 0.3) is 0 Å². The largest absolute Gasteiger partial charge is 0.357 e. The Morgan fingerprint density at radius 1 is 1.14 bits per heavy atom. The van der Waals surface area contributed by atoms with Crippen molar-refractivity contribution < 1.29 is 0 Å². The van der Waals surface area contributed by atoms with E-state index >= 15 is 0 Å². The van der Waals surface area contributed by atoms with Crippen molar-refractivity contribution in [3.05, 3.63) is 29.3 Å². The van der Waals surface area contributed by atoms with E-state index in [9.17, 15) is 0 Å². The van der Waals surface area contributed by atoms with Gasteiger partial charge in [0.25, 0.3) is 0 Å². The molecule has 3 N–H and O–H groups in total. The molecule has 1 fully saturated rings. The zero-order valence-corrected chi connectivity index (χ0v) is 8.72. The number of rotatable bonds is 2. The van der Waals surface area contributed by atoms with Gasteiger partial charge in [0.1, 0.15) is 6.29 Å². The average molecular weight is 191 g/mol. The van der Waals surface area contributed by atoms with Crippen LogP contribution in [0, 0.1) is 13.8 Å². The van der Waals surface area contributed by atoms with Crippen LogP contribution >= 0.6 is 0 Å². The quantitative estimate of drug-likeness (QED) is 0.657. The van der Waals surface area contributed by atoms with Gasteiger partial charge in [0.2, 0.25) is 0 Å². The van der Waals surface area contributed by atoms with Crippen LogP contribution in [0.1, 0.15) is 11.1 Å². The molecule has 0 saturated carbocycles. The first-order valence-electron chi connectivity index (χ1n) is 5.07. The van der Waals surface area contributed by atoms with Gasteiger partial charge in [-0.2, -0.15) is 0 Å². The highest BCUT2D eigenvalue weighted by atomic mass is 15.3. The van der Waals surface area contributed by atoms with Crippen LogP contribution < -0.4 is 16.0 Å². The second-order valence-corrected chi connectivity index (χ2v) is 3.75. The molecular formula is C11H17N3. The summed E-state index contributed by atoms with van der Waals surface area (Å²) in [6.07, 6.45) is 0.217. The van der Waals surface area contributed by atoms with Gasteiger partial charge in [-0.15, -0.1) is 0 Å². The number of anilines is 1. The summed E-state index contributed by atoms with van der Waals surface area (Å²) >= 11 is 0. The lowest BCUT2D eigenvalue weighted by atomic mass is 10.1. The van der Waals surface area contributed by atoms with Gasteiger partial charge in [-0.05, 0) is 25.0 Å². The summed E-state index contributed by atoms with van der Waals surface area (Å²) in [5, 5.41) is 10.1. The molecule has 76 valence electrons. The highest BCUT2D eigenvalue weighted by molar-refractivity contribution is 5.57. The van der Waals surface area contributed by atoms with E-state index in [1.807, 2.05) is 0 Å². The Balaban J connectivity index is 2.14. The van der Waals surface area contributed by atoms with Crippen molar-refractivity contribution in [2.75, 3.05) is 18.4 Å². The van der Waals surface area contributed by atoms with Crippen molar-refractivity contribution in [1.29, 1.82) is 0 Å². The summed E-state index contributed by atoms with van der Waals surface area (Å²) in [5.41, 5.74) is 3.82. The summed E-state index contributed by atoms with van der Waals surface area (Å²) in [5.74, 6) is 0. The zero-order chi connectivity index (χ0) is 9.97. The molecule has 0 amide bonds. The van der Waals surface area contributed by atoms with Crippen LogP contribution in [0.3, 0.4) is 0 Å². The van der Waals surface area contributed by atoms with Crippen LogP contribution in [0.5, 0.6) is 0 Å². The molecule has 1 aromatic rings. The molecule has 0 atom stereocenters. The first kappa shape index (κ1) is 9.49. The van der Waals surface area contributed by atoms with Crippen molar-refractivity contribution >= 4 is 5.69 Å². The fraction of sp³-hybridized carbons (Fsp3) is 0.455. The Labute approximate surface area is 84.9 Å². The molecule has 1 aliphatic rings. The zero-order valence-electron chi connectivity index (χ0n) is 8.72. The van der Waals surface area contributed by atoms with Crippen molar-refractivity contribution in [3.8, 4) is 0 Å². The monoisotopic (exact) mass is 191 g/mol. The molecule has 0 radical (unpaired) electrons. The minimum absolute atomic E-state index is 0.217. The second-order valence-electron chi connectivity index (χ2n) is 3.75. The predicted octanol–water partition coefficient (Wildman–Crippen LogP) is 1.19. The van der Waals surface area contributed by atoms with Gasteiger partial charge in [0.15, 0.2) is 0 Å². The number of aryl methyl sites for hydroxylation is 2. The molecule has 1 saturated heterocycles. The third-order valence-corrected chi connectivity index (χ3v) is 2.59. The smallest absolute Gasteiger partial charge is 0.132 e. The van der Waals surface area contributed by atoms with E-state index in [2.05, 4.69) is 48.0 Å². The Morgan fingerprint density at radius 2 is 1.71 bits per heavy atom. The number of hydrogen-bond donors (Lipinski definition) is 3. The standard InChI is InChI=1S/C11H17N3/c1-8-4-3-5-9(2)10(8)14-11-12-6-7-13-11/h3-5,11-14H,6-7H2,1-2H3. The Hall–Kier alpha value is -1.06. The van der Waals surface area contributed by atoms with Gasteiger partial charge in [-0.25, -0.2) is 0 Å². The van der Waals surface area contributed by atoms with E-state index in [-0.39, 0.29) is 6.29 Å². The van der Waals surface area contributed by atoms with E-state index in [0.29, 0.717) is 0 Å². The van der Waals surface area contributed by atoms with Crippen molar-refractivity contribution in [1.82, 2.24) is 10.6 Å². The average Bonchev–Trinajstić information content (AvgIpc) is 2.64. The Bertz CT molecular complexity index is 296. The molecule has 0 aromatic heterocycles. The minimum Gasteiger partial charge on any atom is -0.357 e. The first-order chi connectivity index (χ1) is 6.77. The lowest BCUT2D eigenvalue weighted by molar-refractivity contribution is 0.619. The lowest BCUT2D eigenvalue weighted by Gasteiger charge is -2.18. The second kappa shape index (κ2) is 3.98. The van der Waals surface area contributed by atoms with Gasteiger partial charge in [0, 0.05) is 18.8 Å². The molecule has 1 aliphatic heterocycles. The number of benzene rings is 1. The summed E-state index contributed by atoms with van der Waals surface area (Å²) in [4.78, 5) is 0. The fourth-order valence-corrected chi connectivity index (χ4v) is 1.79. The molecule has 0 aliphatic carbocycles. The third-order valence-electron chi connectivity index (χ3n) is 2.59. The lowest BCUT2D eigenvalue weighted by Crippen LogP contribution is -2.39. The summed E-state index contributed by atoms with van der Waals surface area (Å²) < 4.78 is 0. The SMILES string of the molecule is Cc1cccc(C)c1NC1NCCN1.